The molecule has 1 aliphatic carbocycles. The van der Waals surface area contributed by atoms with Gasteiger partial charge >= 0.3 is 0 Å². The Hall–Kier alpha value is -2.96. The lowest BCUT2D eigenvalue weighted by atomic mass is 9.95. The molecule has 0 saturated carbocycles. The van der Waals surface area contributed by atoms with Crippen LogP contribution in [0.4, 0.5) is 0 Å². The van der Waals surface area contributed by atoms with Crippen LogP contribution < -0.4 is 9.47 Å². The number of benzene rings is 1. The van der Waals surface area contributed by atoms with Gasteiger partial charge in [0.1, 0.15) is 18.1 Å². The summed E-state index contributed by atoms with van der Waals surface area (Å²) in [4.78, 5) is 9.44. The van der Waals surface area contributed by atoms with E-state index in [0.717, 1.165) is 35.6 Å². The summed E-state index contributed by atoms with van der Waals surface area (Å²) in [5.74, 6) is 2.14. The molecule has 0 atom stereocenters. The highest BCUT2D eigenvalue weighted by molar-refractivity contribution is 5.63. The largest absolute Gasteiger partial charge is 0.493 e. The van der Waals surface area contributed by atoms with E-state index in [0.29, 0.717) is 18.0 Å². The van der Waals surface area contributed by atoms with Crippen LogP contribution in [0.2, 0.25) is 0 Å². The van der Waals surface area contributed by atoms with Gasteiger partial charge in [0.15, 0.2) is 11.5 Å². The van der Waals surface area contributed by atoms with Gasteiger partial charge in [-0.05, 0) is 56.4 Å². The molecule has 140 valence electrons. The van der Waals surface area contributed by atoms with Gasteiger partial charge in [-0.3, -0.25) is 0 Å². The van der Waals surface area contributed by atoms with E-state index in [-0.39, 0.29) is 0 Å². The molecule has 7 nitrogen and oxygen atoms in total. The van der Waals surface area contributed by atoms with Crippen LogP contribution in [0.5, 0.6) is 11.5 Å². The summed E-state index contributed by atoms with van der Waals surface area (Å²) < 4.78 is 12.4. The molecule has 0 fully saturated rings. The fraction of sp³-hybridized carbons (Fsp3) is 0.400. The van der Waals surface area contributed by atoms with E-state index < -0.39 is 0 Å². The molecule has 0 aliphatic heterocycles. The molecule has 0 amide bonds. The first kappa shape index (κ1) is 17.5. The lowest BCUT2D eigenvalue weighted by Gasteiger charge is -2.17. The molecular formula is C20H23N5O2. The summed E-state index contributed by atoms with van der Waals surface area (Å²) >= 11 is 0. The van der Waals surface area contributed by atoms with Crippen LogP contribution in [0, 0.1) is 6.92 Å². The van der Waals surface area contributed by atoms with Crippen molar-refractivity contribution in [3.05, 3.63) is 47.2 Å². The van der Waals surface area contributed by atoms with Crippen LogP contribution in [-0.2, 0) is 19.4 Å². The molecule has 0 unspecified atom stereocenters. The van der Waals surface area contributed by atoms with Crippen molar-refractivity contribution in [1.82, 2.24) is 25.0 Å². The van der Waals surface area contributed by atoms with Gasteiger partial charge in [-0.25, -0.2) is 14.6 Å². The van der Waals surface area contributed by atoms with E-state index in [4.69, 9.17) is 14.5 Å². The van der Waals surface area contributed by atoms with Crippen molar-refractivity contribution in [3.63, 3.8) is 0 Å². The van der Waals surface area contributed by atoms with Crippen LogP contribution >= 0.6 is 0 Å². The summed E-state index contributed by atoms with van der Waals surface area (Å²) in [6, 6.07) is 5.70. The van der Waals surface area contributed by atoms with Crippen LogP contribution in [0.3, 0.4) is 0 Å². The minimum Gasteiger partial charge on any atom is -0.493 e. The van der Waals surface area contributed by atoms with Crippen LogP contribution in [-0.4, -0.2) is 39.2 Å². The predicted molar refractivity (Wildman–Crippen MR) is 101 cm³/mol. The van der Waals surface area contributed by atoms with E-state index >= 15 is 0 Å². The van der Waals surface area contributed by atoms with Gasteiger partial charge in [0, 0.05) is 17.0 Å². The quantitative estimate of drug-likeness (QED) is 0.692. The Kier molecular flexibility index (Phi) is 4.75. The highest BCUT2D eigenvalue weighted by Gasteiger charge is 2.16. The highest BCUT2D eigenvalue weighted by atomic mass is 16.5. The number of aryl methyl sites for hydroxylation is 2. The Balaban J connectivity index is 1.58. The number of hydrogen-bond acceptors (Lipinski definition) is 6. The fourth-order valence-electron chi connectivity index (χ4n) is 3.56. The van der Waals surface area contributed by atoms with Crippen LogP contribution in [0.1, 0.15) is 35.6 Å². The lowest BCUT2D eigenvalue weighted by Crippen LogP contribution is -2.14. The van der Waals surface area contributed by atoms with E-state index in [1.165, 1.54) is 24.1 Å². The maximum Gasteiger partial charge on any atom is 0.161 e. The van der Waals surface area contributed by atoms with Crippen molar-refractivity contribution < 1.29 is 9.47 Å². The summed E-state index contributed by atoms with van der Waals surface area (Å²) in [5.41, 5.74) is 5.31. The number of ether oxygens (including phenoxy) is 2. The van der Waals surface area contributed by atoms with Gasteiger partial charge in [0.25, 0.3) is 0 Å². The molecule has 2 aromatic heterocycles. The Morgan fingerprint density at radius 2 is 1.85 bits per heavy atom. The first-order valence-electron chi connectivity index (χ1n) is 9.15. The van der Waals surface area contributed by atoms with Gasteiger partial charge in [0.2, 0.25) is 0 Å². The second-order valence-electron chi connectivity index (χ2n) is 6.73. The Morgan fingerprint density at radius 3 is 2.67 bits per heavy atom. The van der Waals surface area contributed by atoms with Gasteiger partial charge in [-0.15, -0.1) is 5.10 Å². The minimum absolute atomic E-state index is 0.508. The standard InChI is InChI=1S/C20H23N5O2/c1-13-15-6-4-5-7-16(15)22-20(21-13)12-25-11-17(23-24-25)14-8-9-18(26-2)19(10-14)27-3/h8-11H,4-7,12H2,1-3H3. The Bertz CT molecular complexity index is 967. The Labute approximate surface area is 158 Å². The third-order valence-electron chi connectivity index (χ3n) is 4.96. The van der Waals surface area contributed by atoms with E-state index in [1.54, 1.807) is 18.9 Å². The second kappa shape index (κ2) is 7.34. The topological polar surface area (TPSA) is 75.0 Å². The average Bonchev–Trinajstić information content (AvgIpc) is 3.16. The van der Waals surface area contributed by atoms with Gasteiger partial charge in [-0.1, -0.05) is 5.21 Å². The monoisotopic (exact) mass is 365 g/mol. The van der Waals surface area contributed by atoms with Crippen molar-refractivity contribution >= 4 is 0 Å². The third-order valence-corrected chi connectivity index (χ3v) is 4.96. The molecule has 0 saturated heterocycles. The van der Waals surface area contributed by atoms with E-state index in [9.17, 15) is 0 Å². The molecule has 0 bridgehead atoms. The first-order valence-corrected chi connectivity index (χ1v) is 9.15. The maximum absolute atomic E-state index is 5.37. The van der Waals surface area contributed by atoms with Crippen molar-refractivity contribution in [2.24, 2.45) is 0 Å². The number of rotatable bonds is 5. The van der Waals surface area contributed by atoms with Crippen molar-refractivity contribution in [3.8, 4) is 22.8 Å². The summed E-state index contributed by atoms with van der Waals surface area (Å²) in [6.45, 7) is 2.58. The fourth-order valence-corrected chi connectivity index (χ4v) is 3.56. The number of hydrogen-bond donors (Lipinski definition) is 0. The molecule has 27 heavy (non-hydrogen) atoms. The molecule has 0 N–H and O–H groups in total. The SMILES string of the molecule is COc1ccc(-c2cn(Cc3nc(C)c4c(n3)CCCC4)nn2)cc1OC. The first-order chi connectivity index (χ1) is 13.2. The summed E-state index contributed by atoms with van der Waals surface area (Å²) in [5, 5.41) is 8.53. The number of aromatic nitrogens is 5. The van der Waals surface area contributed by atoms with Crippen molar-refractivity contribution in [2.45, 2.75) is 39.2 Å². The average molecular weight is 365 g/mol. The predicted octanol–water partition coefficient (Wildman–Crippen LogP) is 2.99. The molecule has 4 rings (SSSR count). The van der Waals surface area contributed by atoms with E-state index in [2.05, 4.69) is 22.2 Å². The van der Waals surface area contributed by atoms with Gasteiger partial charge < -0.3 is 9.47 Å². The van der Waals surface area contributed by atoms with Gasteiger partial charge in [-0.2, -0.15) is 0 Å². The highest BCUT2D eigenvalue weighted by Crippen LogP contribution is 2.31. The zero-order valence-electron chi connectivity index (χ0n) is 15.9. The Morgan fingerprint density at radius 1 is 1.04 bits per heavy atom. The van der Waals surface area contributed by atoms with Crippen LogP contribution in [0.25, 0.3) is 11.3 Å². The zero-order valence-corrected chi connectivity index (χ0v) is 15.9. The molecule has 0 radical (unpaired) electrons. The van der Waals surface area contributed by atoms with Crippen LogP contribution in [0.15, 0.2) is 24.4 Å². The number of fused-ring (bicyclic) bond motifs is 1. The maximum atomic E-state index is 5.37. The molecule has 2 heterocycles. The lowest BCUT2D eigenvalue weighted by molar-refractivity contribution is 0.355. The van der Waals surface area contributed by atoms with Crippen molar-refractivity contribution in [1.29, 1.82) is 0 Å². The zero-order chi connectivity index (χ0) is 18.8. The number of methoxy groups -OCH3 is 2. The van der Waals surface area contributed by atoms with E-state index in [1.807, 2.05) is 24.4 Å². The second-order valence-corrected chi connectivity index (χ2v) is 6.73. The normalized spacial score (nSPS) is 13.3. The smallest absolute Gasteiger partial charge is 0.161 e. The summed E-state index contributed by atoms with van der Waals surface area (Å²) in [6.07, 6.45) is 6.47. The van der Waals surface area contributed by atoms with Crippen molar-refractivity contribution in [2.75, 3.05) is 14.2 Å². The molecule has 0 spiro atoms. The molecule has 7 heteroatoms. The van der Waals surface area contributed by atoms with Gasteiger partial charge in [0.05, 0.1) is 20.4 Å². The summed E-state index contributed by atoms with van der Waals surface area (Å²) in [7, 11) is 3.24. The molecule has 3 aromatic rings. The molecule has 1 aromatic carbocycles. The minimum atomic E-state index is 0.508. The third kappa shape index (κ3) is 3.49. The molecular weight excluding hydrogens is 342 g/mol. The molecule has 1 aliphatic rings. The number of nitrogens with zero attached hydrogens (tertiary/aromatic N) is 5.